The Bertz CT molecular complexity index is 2010. The molecule has 1 aliphatic rings. The van der Waals surface area contributed by atoms with Crippen LogP contribution in [-0.4, -0.2) is 0 Å². The fourth-order valence-corrected chi connectivity index (χ4v) is 6.45. The lowest BCUT2D eigenvalue weighted by Crippen LogP contribution is -2.14. The van der Waals surface area contributed by atoms with E-state index >= 15 is 0 Å². The summed E-state index contributed by atoms with van der Waals surface area (Å²) in [7, 11) is 0. The third kappa shape index (κ3) is 4.19. The maximum absolute atomic E-state index is 6.96. The molecule has 0 spiro atoms. The molecule has 0 bridgehead atoms. The van der Waals surface area contributed by atoms with Crippen molar-refractivity contribution in [2.75, 3.05) is 4.90 Å². The van der Waals surface area contributed by atoms with Gasteiger partial charge in [-0.15, -0.1) is 0 Å². The molecule has 0 saturated carbocycles. The molecule has 0 fully saturated rings. The molecule has 0 N–H and O–H groups in total. The summed E-state index contributed by atoms with van der Waals surface area (Å²) in [5.41, 5.74) is 11.4. The predicted molar refractivity (Wildman–Crippen MR) is 178 cm³/mol. The lowest BCUT2D eigenvalue weighted by Gasteiger charge is -2.26. The van der Waals surface area contributed by atoms with Gasteiger partial charge in [0.05, 0.1) is 5.69 Å². The fourth-order valence-electron chi connectivity index (χ4n) is 6.45. The van der Waals surface area contributed by atoms with Crippen molar-refractivity contribution in [1.82, 2.24) is 0 Å². The molecule has 0 saturated heterocycles. The Morgan fingerprint density at radius 1 is 0.690 bits per heavy atom. The summed E-state index contributed by atoms with van der Waals surface area (Å²) in [6, 6.07) is 39.1. The molecular formula is C40H33NO. The molecule has 7 rings (SSSR count). The Morgan fingerprint density at radius 2 is 1.45 bits per heavy atom. The van der Waals surface area contributed by atoms with Gasteiger partial charge in [0, 0.05) is 33.1 Å². The van der Waals surface area contributed by atoms with Crippen LogP contribution in [0.25, 0.3) is 33.1 Å². The van der Waals surface area contributed by atoms with Gasteiger partial charge in [-0.05, 0) is 59.0 Å². The van der Waals surface area contributed by atoms with Crippen molar-refractivity contribution in [1.29, 1.82) is 0 Å². The predicted octanol–water partition coefficient (Wildman–Crippen LogP) is 11.2. The largest absolute Gasteiger partial charge is 0.453 e. The average Bonchev–Trinajstić information content (AvgIpc) is 3.51. The van der Waals surface area contributed by atoms with Gasteiger partial charge in [0.25, 0.3) is 0 Å². The summed E-state index contributed by atoms with van der Waals surface area (Å²) in [6.07, 6.45) is 10.8. The second-order valence-electron chi connectivity index (χ2n) is 11.4. The molecule has 5 aromatic carbocycles. The summed E-state index contributed by atoms with van der Waals surface area (Å²) in [5.74, 6) is 0. The zero-order valence-corrected chi connectivity index (χ0v) is 24.0. The highest BCUT2D eigenvalue weighted by atomic mass is 16.3. The number of hydrogen-bond donors (Lipinski definition) is 0. The van der Waals surface area contributed by atoms with Crippen LogP contribution in [0.2, 0.25) is 0 Å². The summed E-state index contributed by atoms with van der Waals surface area (Å²) in [4.78, 5) is 2.31. The van der Waals surface area contributed by atoms with Crippen LogP contribution in [0.15, 0.2) is 151 Å². The van der Waals surface area contributed by atoms with E-state index in [1.807, 2.05) is 12.2 Å². The molecule has 0 amide bonds. The van der Waals surface area contributed by atoms with E-state index in [4.69, 9.17) is 4.42 Å². The molecule has 2 heteroatoms. The fraction of sp³-hybridized carbons (Fsp3) is 0.100. The van der Waals surface area contributed by atoms with E-state index in [1.54, 1.807) is 6.08 Å². The van der Waals surface area contributed by atoms with Crippen molar-refractivity contribution in [3.63, 3.8) is 0 Å². The topological polar surface area (TPSA) is 16.4 Å². The normalized spacial score (nSPS) is 13.7. The van der Waals surface area contributed by atoms with E-state index < -0.39 is 0 Å². The van der Waals surface area contributed by atoms with Crippen molar-refractivity contribution in [3.8, 4) is 11.1 Å². The van der Waals surface area contributed by atoms with Gasteiger partial charge >= 0.3 is 0 Å². The first-order chi connectivity index (χ1) is 20.6. The third-order valence-electron chi connectivity index (χ3n) is 8.46. The SMILES string of the molecule is C=C/C=C\C=C/Cc1cccc(N(c2ccccc2)c2cccc3c2oc2c4c(ccc23)C(C)(C)c2ccccc2-4)c1. The van der Waals surface area contributed by atoms with E-state index in [9.17, 15) is 0 Å². The minimum Gasteiger partial charge on any atom is -0.453 e. The van der Waals surface area contributed by atoms with Crippen LogP contribution in [0.1, 0.15) is 30.5 Å². The number of fused-ring (bicyclic) bond motifs is 7. The van der Waals surface area contributed by atoms with Crippen molar-refractivity contribution < 1.29 is 4.42 Å². The minimum absolute atomic E-state index is 0.0750. The van der Waals surface area contributed by atoms with E-state index in [1.165, 1.54) is 27.8 Å². The average molecular weight is 544 g/mol. The summed E-state index contributed by atoms with van der Waals surface area (Å²) in [5, 5.41) is 2.28. The van der Waals surface area contributed by atoms with E-state index in [2.05, 4.69) is 147 Å². The molecule has 6 aromatic rings. The number of furan rings is 1. The van der Waals surface area contributed by atoms with Crippen LogP contribution >= 0.6 is 0 Å². The monoisotopic (exact) mass is 543 g/mol. The second kappa shape index (κ2) is 10.4. The van der Waals surface area contributed by atoms with Crippen LogP contribution in [0, 0.1) is 0 Å². The molecule has 1 heterocycles. The number of anilines is 3. The van der Waals surface area contributed by atoms with Gasteiger partial charge in [0.1, 0.15) is 5.58 Å². The van der Waals surface area contributed by atoms with Crippen molar-refractivity contribution in [2.45, 2.75) is 25.7 Å². The highest BCUT2D eigenvalue weighted by molar-refractivity contribution is 6.15. The van der Waals surface area contributed by atoms with Gasteiger partial charge in [-0.2, -0.15) is 0 Å². The summed E-state index contributed by atoms with van der Waals surface area (Å²) >= 11 is 0. The molecule has 1 aliphatic carbocycles. The maximum atomic E-state index is 6.96. The Hall–Kier alpha value is -5.08. The van der Waals surface area contributed by atoms with Gasteiger partial charge in [-0.25, -0.2) is 0 Å². The van der Waals surface area contributed by atoms with Crippen molar-refractivity contribution in [2.24, 2.45) is 0 Å². The molecule has 2 nitrogen and oxygen atoms in total. The first-order valence-electron chi connectivity index (χ1n) is 14.5. The highest BCUT2D eigenvalue weighted by Crippen LogP contribution is 2.53. The van der Waals surface area contributed by atoms with Crippen LogP contribution in [0.3, 0.4) is 0 Å². The number of nitrogens with zero attached hydrogens (tertiary/aromatic N) is 1. The molecule has 42 heavy (non-hydrogen) atoms. The molecule has 0 aliphatic heterocycles. The van der Waals surface area contributed by atoms with Gasteiger partial charge < -0.3 is 9.32 Å². The Morgan fingerprint density at radius 3 is 2.31 bits per heavy atom. The standard InChI is InChI=1S/C40H33NO/c1-4-5-6-7-9-16-28-17-14-20-30(27-28)41(29-18-10-8-11-19-29)36-24-15-22-31-32-25-26-35-37(39(32)42-38(31)36)33-21-12-13-23-34(33)40(35,2)3/h4-15,17-27H,1,16H2,2-3H3/b6-5-,9-7-. The third-order valence-corrected chi connectivity index (χ3v) is 8.46. The highest BCUT2D eigenvalue weighted by Gasteiger charge is 2.37. The number of para-hydroxylation sites is 2. The lowest BCUT2D eigenvalue weighted by molar-refractivity contribution is 0.653. The number of hydrogen-bond acceptors (Lipinski definition) is 2. The lowest BCUT2D eigenvalue weighted by atomic mass is 9.82. The first-order valence-corrected chi connectivity index (χ1v) is 14.5. The number of allylic oxidation sites excluding steroid dienone is 5. The van der Waals surface area contributed by atoms with Crippen LogP contribution in [0.5, 0.6) is 0 Å². The van der Waals surface area contributed by atoms with Crippen molar-refractivity contribution >= 4 is 39.0 Å². The van der Waals surface area contributed by atoms with Gasteiger partial charge in [-0.3, -0.25) is 0 Å². The smallest absolute Gasteiger partial charge is 0.159 e. The first kappa shape index (κ1) is 25.9. The molecular weight excluding hydrogens is 510 g/mol. The van der Waals surface area contributed by atoms with Crippen LogP contribution in [0.4, 0.5) is 17.1 Å². The zero-order chi connectivity index (χ0) is 28.7. The Kier molecular flexibility index (Phi) is 6.40. The number of benzene rings is 5. The van der Waals surface area contributed by atoms with Gasteiger partial charge in [-0.1, -0.05) is 130 Å². The van der Waals surface area contributed by atoms with E-state index in [0.717, 1.165) is 45.4 Å². The summed E-state index contributed by atoms with van der Waals surface area (Å²) in [6.45, 7) is 8.36. The molecule has 204 valence electrons. The van der Waals surface area contributed by atoms with Crippen LogP contribution in [-0.2, 0) is 11.8 Å². The quantitative estimate of drug-likeness (QED) is 0.186. The minimum atomic E-state index is -0.0750. The van der Waals surface area contributed by atoms with E-state index in [-0.39, 0.29) is 5.41 Å². The maximum Gasteiger partial charge on any atom is 0.159 e. The Balaban J connectivity index is 1.42. The molecule has 0 atom stereocenters. The molecule has 0 radical (unpaired) electrons. The van der Waals surface area contributed by atoms with Gasteiger partial charge in [0.15, 0.2) is 5.58 Å². The second-order valence-corrected chi connectivity index (χ2v) is 11.4. The number of rotatable bonds is 7. The zero-order valence-electron chi connectivity index (χ0n) is 24.0. The van der Waals surface area contributed by atoms with Gasteiger partial charge in [0.2, 0.25) is 0 Å². The van der Waals surface area contributed by atoms with E-state index in [0.29, 0.717) is 0 Å². The molecule has 0 unspecified atom stereocenters. The molecule has 1 aromatic heterocycles. The van der Waals surface area contributed by atoms with Crippen molar-refractivity contribution in [3.05, 3.63) is 163 Å². The summed E-state index contributed by atoms with van der Waals surface area (Å²) < 4.78 is 6.96. The Labute approximate surface area is 247 Å². The van der Waals surface area contributed by atoms with Crippen LogP contribution < -0.4 is 4.90 Å².